The van der Waals surface area contributed by atoms with Gasteiger partial charge in [-0.2, -0.15) is 26.3 Å². The van der Waals surface area contributed by atoms with Crippen molar-refractivity contribution in [3.8, 4) is 0 Å². The van der Waals surface area contributed by atoms with E-state index in [1.54, 1.807) is 22.6 Å². The molecular formula is C11H16F7I. The summed E-state index contributed by atoms with van der Waals surface area (Å²) >= 11 is 1.78. The quantitative estimate of drug-likeness (QED) is 0.210. The molecule has 0 aromatic heterocycles. The fourth-order valence-corrected chi connectivity index (χ4v) is 2.31. The number of hydrogen-bond acceptors (Lipinski definition) is 0. The van der Waals surface area contributed by atoms with E-state index in [1.165, 1.54) is 0 Å². The van der Waals surface area contributed by atoms with E-state index in [4.69, 9.17) is 0 Å². The second-order valence-corrected chi connectivity index (χ2v) is 6.19. The van der Waals surface area contributed by atoms with Crippen LogP contribution in [0.1, 0.15) is 45.4 Å². The highest BCUT2D eigenvalue weighted by molar-refractivity contribution is 14.1. The molecule has 0 spiro atoms. The largest absolute Gasteiger partial charge is 0.431 e. The average molecular weight is 408 g/mol. The highest BCUT2D eigenvalue weighted by atomic mass is 127. The third kappa shape index (κ3) is 5.63. The van der Waals surface area contributed by atoms with E-state index >= 15 is 0 Å². The zero-order chi connectivity index (χ0) is 15.3. The first-order valence-corrected chi connectivity index (χ1v) is 7.16. The topological polar surface area (TPSA) is 0 Å². The average Bonchev–Trinajstić information content (AvgIpc) is 2.23. The Bertz CT molecular complexity index is 245. The van der Waals surface area contributed by atoms with Crippen molar-refractivity contribution in [2.75, 3.05) is 0 Å². The summed E-state index contributed by atoms with van der Waals surface area (Å²) in [5, 5.41) is 0. The van der Waals surface area contributed by atoms with Crippen LogP contribution in [0.5, 0.6) is 0 Å². The lowest BCUT2D eigenvalue weighted by Crippen LogP contribution is -2.53. The highest BCUT2D eigenvalue weighted by Gasteiger charge is 2.71. The Morgan fingerprint density at radius 2 is 1.32 bits per heavy atom. The second-order valence-electron chi connectivity index (χ2n) is 4.43. The summed E-state index contributed by atoms with van der Waals surface area (Å²) in [4.78, 5) is 0. The van der Waals surface area contributed by atoms with Crippen LogP contribution in [-0.4, -0.2) is 21.9 Å². The molecule has 0 aliphatic heterocycles. The Labute approximate surface area is 121 Å². The third-order valence-corrected chi connectivity index (χ3v) is 4.07. The lowest BCUT2D eigenvalue weighted by Gasteiger charge is -2.30. The standard InChI is InChI=1S/C11H16F7I/c1-2-3-4-5-8(19)6-7-9(12,10(13,14)15)11(16,17)18/h8H,2-7H2,1H3. The molecule has 0 aromatic carbocycles. The van der Waals surface area contributed by atoms with Gasteiger partial charge in [-0.05, 0) is 12.8 Å². The molecule has 0 aliphatic carbocycles. The minimum Gasteiger partial charge on any atom is -0.224 e. The summed E-state index contributed by atoms with van der Waals surface area (Å²) in [5.41, 5.74) is -5.10. The van der Waals surface area contributed by atoms with Crippen LogP contribution in [0, 0.1) is 0 Å². The lowest BCUT2D eigenvalue weighted by molar-refractivity contribution is -0.343. The van der Waals surface area contributed by atoms with Crippen LogP contribution in [-0.2, 0) is 0 Å². The molecule has 0 saturated heterocycles. The summed E-state index contributed by atoms with van der Waals surface area (Å²) in [6.45, 7) is 1.93. The molecule has 0 radical (unpaired) electrons. The number of halogens is 8. The monoisotopic (exact) mass is 408 g/mol. The van der Waals surface area contributed by atoms with Crippen molar-refractivity contribution in [1.82, 2.24) is 0 Å². The first-order valence-electron chi connectivity index (χ1n) is 5.92. The maximum atomic E-state index is 13.3. The molecular weight excluding hydrogens is 392 g/mol. The van der Waals surface area contributed by atoms with E-state index in [-0.39, 0.29) is 3.92 Å². The Morgan fingerprint density at radius 1 is 0.842 bits per heavy atom. The molecule has 0 aliphatic rings. The van der Waals surface area contributed by atoms with Gasteiger partial charge >= 0.3 is 12.4 Å². The fourth-order valence-electron chi connectivity index (χ4n) is 1.56. The van der Waals surface area contributed by atoms with E-state index in [0.29, 0.717) is 6.42 Å². The van der Waals surface area contributed by atoms with Crippen molar-refractivity contribution in [2.45, 2.75) is 67.4 Å². The molecule has 116 valence electrons. The molecule has 0 nitrogen and oxygen atoms in total. The van der Waals surface area contributed by atoms with Crippen molar-refractivity contribution in [1.29, 1.82) is 0 Å². The van der Waals surface area contributed by atoms with Crippen LogP contribution in [0.2, 0.25) is 0 Å². The molecule has 0 fully saturated rings. The Hall–Kier alpha value is 0.240. The van der Waals surface area contributed by atoms with Gasteiger partial charge in [0.2, 0.25) is 0 Å². The minimum absolute atomic E-state index is 0.385. The van der Waals surface area contributed by atoms with Gasteiger partial charge in [-0.3, -0.25) is 0 Å². The van der Waals surface area contributed by atoms with Crippen LogP contribution in [0.15, 0.2) is 0 Å². The zero-order valence-corrected chi connectivity index (χ0v) is 12.5. The predicted molar refractivity (Wildman–Crippen MR) is 67.1 cm³/mol. The van der Waals surface area contributed by atoms with E-state index in [1.807, 2.05) is 6.92 Å². The summed E-state index contributed by atoms with van der Waals surface area (Å²) in [5.74, 6) is 0. The summed E-state index contributed by atoms with van der Waals surface area (Å²) in [6.07, 6.45) is -10.9. The third-order valence-electron chi connectivity index (χ3n) is 2.82. The van der Waals surface area contributed by atoms with Crippen molar-refractivity contribution in [3.63, 3.8) is 0 Å². The summed E-state index contributed by atoms with van der Waals surface area (Å²) in [7, 11) is 0. The van der Waals surface area contributed by atoms with Gasteiger partial charge in [0.05, 0.1) is 0 Å². The molecule has 0 rings (SSSR count). The smallest absolute Gasteiger partial charge is 0.224 e. The van der Waals surface area contributed by atoms with Gasteiger partial charge in [-0.25, -0.2) is 4.39 Å². The van der Waals surface area contributed by atoms with Crippen molar-refractivity contribution in [3.05, 3.63) is 0 Å². The van der Waals surface area contributed by atoms with Crippen LogP contribution in [0.4, 0.5) is 30.7 Å². The molecule has 0 saturated carbocycles. The van der Waals surface area contributed by atoms with Gasteiger partial charge in [0.15, 0.2) is 0 Å². The van der Waals surface area contributed by atoms with Gasteiger partial charge in [0.25, 0.3) is 5.67 Å². The van der Waals surface area contributed by atoms with Gasteiger partial charge < -0.3 is 0 Å². The number of rotatable bonds is 7. The van der Waals surface area contributed by atoms with Gasteiger partial charge in [0.1, 0.15) is 0 Å². The molecule has 1 unspecified atom stereocenters. The lowest BCUT2D eigenvalue weighted by atomic mass is 9.96. The molecule has 0 aromatic rings. The van der Waals surface area contributed by atoms with Crippen LogP contribution >= 0.6 is 22.6 Å². The normalized spacial score (nSPS) is 15.6. The maximum absolute atomic E-state index is 13.3. The van der Waals surface area contributed by atoms with E-state index < -0.39 is 30.9 Å². The van der Waals surface area contributed by atoms with E-state index in [0.717, 1.165) is 19.3 Å². The van der Waals surface area contributed by atoms with Crippen molar-refractivity contribution in [2.24, 2.45) is 0 Å². The minimum atomic E-state index is -5.93. The number of unbranched alkanes of at least 4 members (excludes halogenated alkanes) is 2. The molecule has 19 heavy (non-hydrogen) atoms. The molecule has 0 N–H and O–H groups in total. The second kappa shape index (κ2) is 7.31. The van der Waals surface area contributed by atoms with E-state index in [9.17, 15) is 30.7 Å². The first kappa shape index (κ1) is 19.2. The number of alkyl halides is 8. The highest BCUT2D eigenvalue weighted by Crippen LogP contribution is 2.49. The zero-order valence-electron chi connectivity index (χ0n) is 10.3. The van der Waals surface area contributed by atoms with Gasteiger partial charge in [0, 0.05) is 10.3 Å². The molecule has 0 bridgehead atoms. The molecule has 8 heteroatoms. The Morgan fingerprint density at radius 3 is 1.68 bits per heavy atom. The maximum Gasteiger partial charge on any atom is 0.431 e. The Balaban J connectivity index is 4.54. The van der Waals surface area contributed by atoms with Gasteiger partial charge in [-0.1, -0.05) is 48.8 Å². The first-order chi connectivity index (χ1) is 8.45. The SMILES string of the molecule is CCCCCC(I)CCC(F)(C(F)(F)F)C(F)(F)F. The Kier molecular flexibility index (Phi) is 7.40. The molecule has 1 atom stereocenters. The van der Waals surface area contributed by atoms with Crippen molar-refractivity contribution < 1.29 is 30.7 Å². The van der Waals surface area contributed by atoms with Crippen LogP contribution in [0.25, 0.3) is 0 Å². The fraction of sp³-hybridized carbons (Fsp3) is 1.00. The van der Waals surface area contributed by atoms with Crippen LogP contribution in [0.3, 0.4) is 0 Å². The summed E-state index contributed by atoms with van der Waals surface area (Å²) < 4.78 is 86.5. The van der Waals surface area contributed by atoms with Crippen molar-refractivity contribution >= 4 is 22.6 Å². The molecule has 0 amide bonds. The van der Waals surface area contributed by atoms with Gasteiger partial charge in [-0.15, -0.1) is 0 Å². The molecule has 0 heterocycles. The summed E-state index contributed by atoms with van der Waals surface area (Å²) in [6, 6.07) is 0. The number of hydrogen-bond donors (Lipinski definition) is 0. The predicted octanol–water partition coefficient (Wildman–Crippen LogP) is 5.98. The van der Waals surface area contributed by atoms with Crippen LogP contribution < -0.4 is 0 Å². The van der Waals surface area contributed by atoms with E-state index in [2.05, 4.69) is 0 Å².